The van der Waals surface area contributed by atoms with E-state index in [1.54, 1.807) is 31.3 Å². The van der Waals surface area contributed by atoms with E-state index in [1.807, 2.05) is 24.3 Å². The molecule has 3 aromatic rings. The summed E-state index contributed by atoms with van der Waals surface area (Å²) >= 11 is 0. The van der Waals surface area contributed by atoms with Crippen LogP contribution in [0.5, 0.6) is 17.4 Å². The van der Waals surface area contributed by atoms with Crippen LogP contribution < -0.4 is 4.74 Å². The van der Waals surface area contributed by atoms with Gasteiger partial charge in [0.25, 0.3) is 0 Å². The van der Waals surface area contributed by atoms with E-state index in [1.165, 1.54) is 0 Å². The number of aromatic hydroxyl groups is 1. The first-order valence-corrected chi connectivity index (χ1v) is 5.92. The number of fused-ring (bicyclic) bond motifs is 1. The quantitative estimate of drug-likeness (QED) is 0.759. The molecule has 0 saturated heterocycles. The van der Waals surface area contributed by atoms with Crippen molar-refractivity contribution in [1.29, 1.82) is 0 Å². The molecule has 0 fully saturated rings. The second-order valence-corrected chi connectivity index (χ2v) is 4.24. The van der Waals surface area contributed by atoms with Gasteiger partial charge in [0.15, 0.2) is 0 Å². The van der Waals surface area contributed by atoms with Crippen LogP contribution >= 0.6 is 0 Å². The van der Waals surface area contributed by atoms with Crippen molar-refractivity contribution < 1.29 is 9.84 Å². The third-order valence-electron chi connectivity index (χ3n) is 3.00. The van der Waals surface area contributed by atoms with Crippen LogP contribution in [0.15, 0.2) is 48.7 Å². The van der Waals surface area contributed by atoms with Crippen molar-refractivity contribution in [2.24, 2.45) is 0 Å². The number of phenolic OH excluding ortho intramolecular Hbond substituents is 1. The predicted octanol–water partition coefficient (Wildman–Crippen LogP) is 3.44. The van der Waals surface area contributed by atoms with Gasteiger partial charge >= 0.3 is 0 Å². The summed E-state index contributed by atoms with van der Waals surface area (Å²) in [5.41, 5.74) is 0.678. The van der Waals surface area contributed by atoms with Crippen molar-refractivity contribution in [2.45, 2.75) is 6.92 Å². The number of nitrogens with zero attached hydrogens (tertiary/aromatic N) is 2. The summed E-state index contributed by atoms with van der Waals surface area (Å²) < 4.78 is 5.77. The fourth-order valence-electron chi connectivity index (χ4n) is 1.89. The lowest BCUT2D eigenvalue weighted by molar-refractivity contribution is 0.438. The minimum absolute atomic E-state index is 0.200. The fourth-order valence-corrected chi connectivity index (χ4v) is 1.89. The molecule has 2 aromatic carbocycles. The number of ether oxygens (including phenoxy) is 1. The van der Waals surface area contributed by atoms with Gasteiger partial charge in [-0.1, -0.05) is 24.3 Å². The zero-order chi connectivity index (χ0) is 13.2. The average Bonchev–Trinajstić information content (AvgIpc) is 2.44. The highest BCUT2D eigenvalue weighted by molar-refractivity contribution is 5.86. The Kier molecular flexibility index (Phi) is 2.76. The lowest BCUT2D eigenvalue weighted by Gasteiger charge is -2.09. The van der Waals surface area contributed by atoms with Crippen LogP contribution in [-0.2, 0) is 0 Å². The van der Waals surface area contributed by atoms with Crippen LogP contribution in [0.25, 0.3) is 10.8 Å². The van der Waals surface area contributed by atoms with Gasteiger partial charge in [-0.05, 0) is 25.1 Å². The van der Waals surface area contributed by atoms with Crippen molar-refractivity contribution in [3.63, 3.8) is 0 Å². The minimum Gasteiger partial charge on any atom is -0.508 e. The smallest absolute Gasteiger partial charge is 0.246 e. The van der Waals surface area contributed by atoms with Gasteiger partial charge in [-0.2, -0.15) is 5.10 Å². The molecule has 1 N–H and O–H groups in total. The van der Waals surface area contributed by atoms with Crippen molar-refractivity contribution >= 4 is 10.8 Å². The monoisotopic (exact) mass is 252 g/mol. The standard InChI is InChI=1S/C15H12N2O2/c1-10-13(18)7-4-8-14(10)19-15-12-6-3-2-5-11(12)9-16-17-15/h2-9,18H,1H3. The molecule has 0 atom stereocenters. The largest absolute Gasteiger partial charge is 0.508 e. The zero-order valence-electron chi connectivity index (χ0n) is 10.4. The molecule has 0 radical (unpaired) electrons. The first kappa shape index (κ1) is 11.5. The Morgan fingerprint density at radius 2 is 1.89 bits per heavy atom. The molecule has 4 heteroatoms. The highest BCUT2D eigenvalue weighted by atomic mass is 16.5. The first-order chi connectivity index (χ1) is 9.25. The lowest BCUT2D eigenvalue weighted by Crippen LogP contribution is -1.93. The van der Waals surface area contributed by atoms with Gasteiger partial charge in [-0.3, -0.25) is 0 Å². The Labute approximate surface area is 110 Å². The topological polar surface area (TPSA) is 55.2 Å². The van der Waals surface area contributed by atoms with E-state index < -0.39 is 0 Å². The molecule has 94 valence electrons. The molecule has 19 heavy (non-hydrogen) atoms. The number of phenols is 1. The summed E-state index contributed by atoms with van der Waals surface area (Å²) in [6.45, 7) is 1.79. The van der Waals surface area contributed by atoms with Crippen LogP contribution in [0.3, 0.4) is 0 Å². The normalized spacial score (nSPS) is 10.6. The summed E-state index contributed by atoms with van der Waals surface area (Å²) in [6, 6.07) is 12.9. The van der Waals surface area contributed by atoms with E-state index in [0.29, 0.717) is 17.2 Å². The van der Waals surface area contributed by atoms with Gasteiger partial charge in [0, 0.05) is 16.3 Å². The third-order valence-corrected chi connectivity index (χ3v) is 3.00. The van der Waals surface area contributed by atoms with Crippen LogP contribution in [0.2, 0.25) is 0 Å². The van der Waals surface area contributed by atoms with E-state index in [9.17, 15) is 5.11 Å². The van der Waals surface area contributed by atoms with Crippen LogP contribution in [0.4, 0.5) is 0 Å². The van der Waals surface area contributed by atoms with E-state index in [-0.39, 0.29) is 5.75 Å². The average molecular weight is 252 g/mol. The maximum atomic E-state index is 9.68. The molecule has 1 heterocycles. The predicted molar refractivity (Wildman–Crippen MR) is 72.5 cm³/mol. The number of hydrogen-bond acceptors (Lipinski definition) is 4. The Bertz CT molecular complexity index is 736. The Balaban J connectivity index is 2.09. The molecule has 0 bridgehead atoms. The Morgan fingerprint density at radius 3 is 2.79 bits per heavy atom. The second kappa shape index (κ2) is 4.57. The van der Waals surface area contributed by atoms with Crippen molar-refractivity contribution in [3.05, 3.63) is 54.2 Å². The van der Waals surface area contributed by atoms with Gasteiger partial charge in [-0.25, -0.2) is 0 Å². The molecule has 0 amide bonds. The molecule has 0 aliphatic carbocycles. The van der Waals surface area contributed by atoms with Gasteiger partial charge in [0.1, 0.15) is 11.5 Å². The van der Waals surface area contributed by atoms with Crippen LogP contribution in [0, 0.1) is 6.92 Å². The molecular formula is C15H12N2O2. The SMILES string of the molecule is Cc1c(O)cccc1Oc1nncc2ccccc12. The van der Waals surface area contributed by atoms with E-state index in [0.717, 1.165) is 10.8 Å². The molecular weight excluding hydrogens is 240 g/mol. The second-order valence-electron chi connectivity index (χ2n) is 4.24. The number of aromatic nitrogens is 2. The van der Waals surface area contributed by atoms with Crippen molar-refractivity contribution in [2.75, 3.05) is 0 Å². The highest BCUT2D eigenvalue weighted by Crippen LogP contribution is 2.32. The van der Waals surface area contributed by atoms with Crippen LogP contribution in [-0.4, -0.2) is 15.3 Å². The molecule has 0 spiro atoms. The summed E-state index contributed by atoms with van der Waals surface area (Å²) in [4.78, 5) is 0. The van der Waals surface area contributed by atoms with E-state index in [4.69, 9.17) is 4.74 Å². The van der Waals surface area contributed by atoms with Gasteiger partial charge in [0.2, 0.25) is 5.88 Å². The van der Waals surface area contributed by atoms with Gasteiger partial charge in [0.05, 0.1) is 6.20 Å². The highest BCUT2D eigenvalue weighted by Gasteiger charge is 2.09. The fraction of sp³-hybridized carbons (Fsp3) is 0.0667. The lowest BCUT2D eigenvalue weighted by atomic mass is 10.2. The zero-order valence-corrected chi connectivity index (χ0v) is 10.4. The van der Waals surface area contributed by atoms with E-state index >= 15 is 0 Å². The van der Waals surface area contributed by atoms with Gasteiger partial charge < -0.3 is 9.84 Å². The van der Waals surface area contributed by atoms with Gasteiger partial charge in [-0.15, -0.1) is 5.10 Å². The summed E-state index contributed by atoms with van der Waals surface area (Å²) in [5, 5.41) is 19.5. The van der Waals surface area contributed by atoms with Crippen LogP contribution in [0.1, 0.15) is 5.56 Å². The Morgan fingerprint density at radius 1 is 1.05 bits per heavy atom. The molecule has 0 aliphatic rings. The van der Waals surface area contributed by atoms with Crippen molar-refractivity contribution in [1.82, 2.24) is 10.2 Å². The molecule has 4 nitrogen and oxygen atoms in total. The number of hydrogen-bond donors (Lipinski definition) is 1. The van der Waals surface area contributed by atoms with E-state index in [2.05, 4.69) is 10.2 Å². The third kappa shape index (κ3) is 2.08. The maximum Gasteiger partial charge on any atom is 0.246 e. The van der Waals surface area contributed by atoms with Crippen molar-refractivity contribution in [3.8, 4) is 17.4 Å². The number of rotatable bonds is 2. The summed E-state index contributed by atoms with van der Waals surface area (Å²) in [7, 11) is 0. The Hall–Kier alpha value is -2.62. The minimum atomic E-state index is 0.200. The maximum absolute atomic E-state index is 9.68. The molecule has 0 unspecified atom stereocenters. The molecule has 3 rings (SSSR count). The first-order valence-electron chi connectivity index (χ1n) is 5.92. The molecule has 0 aliphatic heterocycles. The summed E-state index contributed by atoms with van der Waals surface area (Å²) in [6.07, 6.45) is 1.69. The molecule has 1 aromatic heterocycles. The molecule has 0 saturated carbocycles. The number of benzene rings is 2. The summed E-state index contributed by atoms with van der Waals surface area (Å²) in [5.74, 6) is 1.21.